The van der Waals surface area contributed by atoms with Crippen molar-refractivity contribution in [2.75, 3.05) is 12.4 Å². The number of hydrogen-bond acceptors (Lipinski definition) is 3. The summed E-state index contributed by atoms with van der Waals surface area (Å²) >= 11 is 0. The number of carbonyl (C=O) groups is 2. The van der Waals surface area contributed by atoms with Gasteiger partial charge in [0.25, 0.3) is 0 Å². The predicted molar refractivity (Wildman–Crippen MR) is 81.4 cm³/mol. The van der Waals surface area contributed by atoms with Crippen molar-refractivity contribution in [3.8, 4) is 0 Å². The molecule has 0 bridgehead atoms. The molecular weight excluding hydrogens is 270 g/mol. The van der Waals surface area contributed by atoms with E-state index in [1.807, 2.05) is 13.8 Å². The standard InChI is InChI=1S/C16H23NO4/c1-15(2,21-5)10-13(18)17-12-8-6-11(7-9-12)16(3,4)14(19)20/h6-9H,10H2,1-5H3,(H,17,18)(H,19,20). The molecular formula is C16H23NO4. The quantitative estimate of drug-likeness (QED) is 0.845. The Kier molecular flexibility index (Phi) is 5.12. The Hall–Kier alpha value is -1.88. The lowest BCUT2D eigenvalue weighted by Gasteiger charge is -2.22. The van der Waals surface area contributed by atoms with Crippen LogP contribution in [0.25, 0.3) is 0 Å². The number of methoxy groups -OCH3 is 1. The number of carboxylic acids is 1. The van der Waals surface area contributed by atoms with Gasteiger partial charge in [0.1, 0.15) is 0 Å². The van der Waals surface area contributed by atoms with Gasteiger partial charge in [0.05, 0.1) is 17.4 Å². The maximum atomic E-state index is 11.9. The van der Waals surface area contributed by atoms with Crippen molar-refractivity contribution in [1.29, 1.82) is 0 Å². The van der Waals surface area contributed by atoms with Gasteiger partial charge in [-0.3, -0.25) is 9.59 Å². The van der Waals surface area contributed by atoms with Crippen LogP contribution in [0.5, 0.6) is 0 Å². The molecule has 21 heavy (non-hydrogen) atoms. The monoisotopic (exact) mass is 293 g/mol. The largest absolute Gasteiger partial charge is 0.481 e. The third kappa shape index (κ3) is 4.56. The molecule has 0 saturated heterocycles. The number of anilines is 1. The fourth-order valence-electron chi connectivity index (χ4n) is 1.76. The average Bonchev–Trinajstić information content (AvgIpc) is 2.38. The van der Waals surface area contributed by atoms with E-state index in [9.17, 15) is 14.7 Å². The van der Waals surface area contributed by atoms with Crippen LogP contribution in [-0.2, 0) is 19.7 Å². The zero-order valence-corrected chi connectivity index (χ0v) is 13.2. The first-order chi connectivity index (χ1) is 9.58. The molecule has 0 radical (unpaired) electrons. The highest BCUT2D eigenvalue weighted by Gasteiger charge is 2.29. The number of nitrogens with one attached hydrogen (secondary N) is 1. The van der Waals surface area contributed by atoms with Crippen LogP contribution in [-0.4, -0.2) is 29.7 Å². The van der Waals surface area contributed by atoms with Gasteiger partial charge < -0.3 is 15.2 Å². The molecule has 0 aliphatic rings. The Balaban J connectivity index is 2.76. The van der Waals surface area contributed by atoms with Crippen LogP contribution in [0.3, 0.4) is 0 Å². The molecule has 0 saturated carbocycles. The molecule has 5 nitrogen and oxygen atoms in total. The molecule has 2 N–H and O–H groups in total. The number of amides is 1. The molecule has 1 aromatic rings. The Morgan fingerprint density at radius 2 is 1.67 bits per heavy atom. The molecule has 0 fully saturated rings. The van der Waals surface area contributed by atoms with Gasteiger partial charge in [-0.2, -0.15) is 0 Å². The molecule has 0 aliphatic carbocycles. The lowest BCUT2D eigenvalue weighted by atomic mass is 9.85. The van der Waals surface area contributed by atoms with Crippen LogP contribution >= 0.6 is 0 Å². The Labute approximate surface area is 125 Å². The molecule has 1 aromatic carbocycles. The number of carbonyl (C=O) groups excluding carboxylic acids is 1. The van der Waals surface area contributed by atoms with E-state index >= 15 is 0 Å². The summed E-state index contributed by atoms with van der Waals surface area (Å²) in [4.78, 5) is 23.1. The molecule has 0 heterocycles. The second kappa shape index (κ2) is 6.26. The highest BCUT2D eigenvalue weighted by molar-refractivity contribution is 5.91. The third-order valence-electron chi connectivity index (χ3n) is 3.56. The normalized spacial score (nSPS) is 12.0. The van der Waals surface area contributed by atoms with Gasteiger partial charge in [-0.1, -0.05) is 12.1 Å². The second-order valence-electron chi connectivity index (χ2n) is 6.20. The summed E-state index contributed by atoms with van der Waals surface area (Å²) in [6.07, 6.45) is 0.242. The summed E-state index contributed by atoms with van der Waals surface area (Å²) in [6.45, 7) is 6.96. The minimum Gasteiger partial charge on any atom is -0.481 e. The van der Waals surface area contributed by atoms with Crippen molar-refractivity contribution in [3.05, 3.63) is 29.8 Å². The topological polar surface area (TPSA) is 75.6 Å². The van der Waals surface area contributed by atoms with Gasteiger partial charge in [0.15, 0.2) is 0 Å². The smallest absolute Gasteiger partial charge is 0.313 e. The summed E-state index contributed by atoms with van der Waals surface area (Å²) in [7, 11) is 1.57. The average molecular weight is 293 g/mol. The van der Waals surface area contributed by atoms with Crippen molar-refractivity contribution >= 4 is 17.6 Å². The van der Waals surface area contributed by atoms with Crippen LogP contribution in [0.15, 0.2) is 24.3 Å². The second-order valence-corrected chi connectivity index (χ2v) is 6.20. The van der Waals surface area contributed by atoms with Crippen molar-refractivity contribution in [1.82, 2.24) is 0 Å². The molecule has 0 spiro atoms. The molecule has 0 aromatic heterocycles. The Morgan fingerprint density at radius 3 is 2.10 bits per heavy atom. The molecule has 1 rings (SSSR count). The zero-order valence-electron chi connectivity index (χ0n) is 13.2. The number of ether oxygens (including phenoxy) is 1. The summed E-state index contributed by atoms with van der Waals surface area (Å²) in [5.74, 6) is -1.03. The van der Waals surface area contributed by atoms with E-state index in [0.29, 0.717) is 11.3 Å². The van der Waals surface area contributed by atoms with Gasteiger partial charge >= 0.3 is 5.97 Å². The van der Waals surface area contributed by atoms with E-state index in [0.717, 1.165) is 0 Å². The number of aliphatic carboxylic acids is 1. The van der Waals surface area contributed by atoms with Crippen LogP contribution in [0.2, 0.25) is 0 Å². The van der Waals surface area contributed by atoms with Crippen LogP contribution in [0, 0.1) is 0 Å². The van der Waals surface area contributed by atoms with E-state index in [1.165, 1.54) is 0 Å². The zero-order chi connectivity index (χ0) is 16.3. The lowest BCUT2D eigenvalue weighted by Crippen LogP contribution is -2.30. The Morgan fingerprint density at radius 1 is 1.14 bits per heavy atom. The predicted octanol–water partition coefficient (Wildman–Crippen LogP) is 2.80. The fourth-order valence-corrected chi connectivity index (χ4v) is 1.76. The molecule has 116 valence electrons. The first-order valence-electron chi connectivity index (χ1n) is 6.77. The van der Waals surface area contributed by atoms with E-state index in [1.54, 1.807) is 45.2 Å². The number of rotatable bonds is 6. The van der Waals surface area contributed by atoms with Gasteiger partial charge in [0, 0.05) is 12.8 Å². The Bertz CT molecular complexity index is 518. The number of benzene rings is 1. The van der Waals surface area contributed by atoms with E-state index in [4.69, 9.17) is 4.74 Å². The molecule has 0 aliphatic heterocycles. The number of hydrogen-bond donors (Lipinski definition) is 2. The highest BCUT2D eigenvalue weighted by atomic mass is 16.5. The van der Waals surface area contributed by atoms with Crippen molar-refractivity contribution in [3.63, 3.8) is 0 Å². The fraction of sp³-hybridized carbons (Fsp3) is 0.500. The van der Waals surface area contributed by atoms with Crippen LogP contribution < -0.4 is 5.32 Å². The van der Waals surface area contributed by atoms with Crippen molar-refractivity contribution in [2.45, 2.75) is 45.1 Å². The van der Waals surface area contributed by atoms with Crippen molar-refractivity contribution < 1.29 is 19.4 Å². The molecule has 5 heteroatoms. The molecule has 0 unspecified atom stereocenters. The minimum absolute atomic E-state index is 0.146. The minimum atomic E-state index is -0.958. The molecule has 0 atom stereocenters. The first-order valence-corrected chi connectivity index (χ1v) is 6.77. The molecule has 1 amide bonds. The summed E-state index contributed by atoms with van der Waals surface area (Å²) < 4.78 is 5.21. The summed E-state index contributed by atoms with van der Waals surface area (Å²) in [5, 5.41) is 12.0. The maximum Gasteiger partial charge on any atom is 0.313 e. The van der Waals surface area contributed by atoms with Gasteiger partial charge in [-0.15, -0.1) is 0 Å². The highest BCUT2D eigenvalue weighted by Crippen LogP contribution is 2.25. The van der Waals surface area contributed by atoms with Crippen LogP contribution in [0.1, 0.15) is 39.7 Å². The van der Waals surface area contributed by atoms with E-state index in [-0.39, 0.29) is 12.3 Å². The maximum absolute atomic E-state index is 11.9. The first kappa shape index (κ1) is 17.2. The van der Waals surface area contributed by atoms with Gasteiger partial charge in [0.2, 0.25) is 5.91 Å². The lowest BCUT2D eigenvalue weighted by molar-refractivity contribution is -0.142. The van der Waals surface area contributed by atoms with Gasteiger partial charge in [-0.25, -0.2) is 0 Å². The van der Waals surface area contributed by atoms with Gasteiger partial charge in [-0.05, 0) is 45.4 Å². The van der Waals surface area contributed by atoms with Crippen molar-refractivity contribution in [2.24, 2.45) is 0 Å². The number of carboxylic acid groups (broad SMARTS) is 1. The summed E-state index contributed by atoms with van der Waals surface area (Å²) in [5.41, 5.74) is -0.155. The summed E-state index contributed by atoms with van der Waals surface area (Å²) in [6, 6.07) is 6.84. The van der Waals surface area contributed by atoms with E-state index < -0.39 is 17.0 Å². The SMILES string of the molecule is COC(C)(C)CC(=O)Nc1ccc(C(C)(C)C(=O)O)cc1. The van der Waals surface area contributed by atoms with E-state index in [2.05, 4.69) is 5.32 Å². The third-order valence-corrected chi connectivity index (χ3v) is 3.56. The van der Waals surface area contributed by atoms with Crippen LogP contribution in [0.4, 0.5) is 5.69 Å².